The van der Waals surface area contributed by atoms with Crippen LogP contribution in [0.15, 0.2) is 70.6 Å². The molecule has 0 unspecified atom stereocenters. The molecule has 30 heavy (non-hydrogen) atoms. The van der Waals surface area contributed by atoms with E-state index in [1.807, 2.05) is 32.3 Å². The number of rotatable bonds is 7. The molecule has 0 bridgehead atoms. The van der Waals surface area contributed by atoms with Crippen molar-refractivity contribution < 1.29 is 24.0 Å². The first-order valence-electron chi connectivity index (χ1n) is 9.93. The maximum absolute atomic E-state index is 13.4. The van der Waals surface area contributed by atoms with Gasteiger partial charge in [-0.3, -0.25) is 14.6 Å². The minimum absolute atomic E-state index is 0.0439. The van der Waals surface area contributed by atoms with Gasteiger partial charge < -0.3 is 19.3 Å². The SMILES string of the molecule is C[NH+](C)CCCN1C(=O)C(O)=C(C(=O)c2cc3ccccc3o2)[C@H]1c1ccncc1. The Kier molecular flexibility index (Phi) is 5.37. The topological polar surface area (TPSA) is 88.1 Å². The van der Waals surface area contributed by atoms with Crippen LogP contribution in [0, 0.1) is 0 Å². The molecule has 0 spiro atoms. The average Bonchev–Trinajstić information content (AvgIpc) is 3.28. The summed E-state index contributed by atoms with van der Waals surface area (Å²) in [6.45, 7) is 1.29. The van der Waals surface area contributed by atoms with Crippen LogP contribution in [0.25, 0.3) is 11.0 Å². The first kappa shape index (κ1) is 19.8. The zero-order valence-corrected chi connectivity index (χ0v) is 17.0. The second-order valence-electron chi connectivity index (χ2n) is 7.73. The molecule has 2 N–H and O–H groups in total. The number of pyridine rings is 1. The molecule has 7 nitrogen and oxygen atoms in total. The smallest absolute Gasteiger partial charge is 0.290 e. The molecule has 4 rings (SSSR count). The van der Waals surface area contributed by atoms with E-state index in [1.54, 1.807) is 41.6 Å². The molecule has 1 aromatic carbocycles. The third-order valence-corrected chi connectivity index (χ3v) is 5.30. The predicted octanol–water partition coefficient (Wildman–Crippen LogP) is 1.94. The van der Waals surface area contributed by atoms with Gasteiger partial charge in [0.2, 0.25) is 5.78 Å². The van der Waals surface area contributed by atoms with Crippen LogP contribution >= 0.6 is 0 Å². The number of aromatic nitrogens is 1. The van der Waals surface area contributed by atoms with E-state index in [0.29, 0.717) is 12.1 Å². The number of benzene rings is 1. The van der Waals surface area contributed by atoms with Gasteiger partial charge in [0, 0.05) is 30.7 Å². The lowest BCUT2D eigenvalue weighted by Crippen LogP contribution is -3.05. The number of fused-ring (bicyclic) bond motifs is 1. The van der Waals surface area contributed by atoms with Crippen molar-refractivity contribution >= 4 is 22.7 Å². The van der Waals surface area contributed by atoms with E-state index in [2.05, 4.69) is 4.98 Å². The molecular formula is C23H24N3O4+. The summed E-state index contributed by atoms with van der Waals surface area (Å²) in [4.78, 5) is 33.1. The van der Waals surface area contributed by atoms with E-state index in [0.717, 1.165) is 23.9 Å². The van der Waals surface area contributed by atoms with E-state index < -0.39 is 23.5 Å². The molecule has 0 fully saturated rings. The van der Waals surface area contributed by atoms with Crippen LogP contribution in [0.2, 0.25) is 0 Å². The third-order valence-electron chi connectivity index (χ3n) is 5.30. The maximum Gasteiger partial charge on any atom is 0.290 e. The number of ketones is 1. The summed E-state index contributed by atoms with van der Waals surface area (Å²) in [7, 11) is 4.08. The van der Waals surface area contributed by atoms with Crippen molar-refractivity contribution in [2.45, 2.75) is 12.5 Å². The van der Waals surface area contributed by atoms with Crippen LogP contribution in [-0.2, 0) is 4.79 Å². The number of carbonyl (C=O) groups excluding carboxylic acids is 2. The lowest BCUT2D eigenvalue weighted by Gasteiger charge is -2.26. The molecule has 7 heteroatoms. The van der Waals surface area contributed by atoms with Gasteiger partial charge >= 0.3 is 0 Å². The number of hydrogen-bond donors (Lipinski definition) is 2. The summed E-state index contributed by atoms with van der Waals surface area (Å²) in [6.07, 6.45) is 3.97. The van der Waals surface area contributed by atoms with Gasteiger partial charge in [0.25, 0.3) is 5.91 Å². The summed E-state index contributed by atoms with van der Waals surface area (Å²) in [5.41, 5.74) is 1.35. The van der Waals surface area contributed by atoms with Gasteiger partial charge in [0.15, 0.2) is 11.5 Å². The largest absolute Gasteiger partial charge is 0.503 e. The monoisotopic (exact) mass is 406 g/mol. The lowest BCUT2D eigenvalue weighted by atomic mass is 9.95. The summed E-state index contributed by atoms with van der Waals surface area (Å²) in [5.74, 6) is -1.44. The Morgan fingerprint density at radius 1 is 1.20 bits per heavy atom. The van der Waals surface area contributed by atoms with Crippen molar-refractivity contribution in [2.75, 3.05) is 27.2 Å². The second kappa shape index (κ2) is 8.12. The van der Waals surface area contributed by atoms with Crippen LogP contribution in [0.4, 0.5) is 0 Å². The van der Waals surface area contributed by atoms with Crippen LogP contribution in [-0.4, -0.2) is 53.9 Å². The van der Waals surface area contributed by atoms with E-state index in [9.17, 15) is 14.7 Å². The van der Waals surface area contributed by atoms with Crippen molar-refractivity contribution in [3.05, 3.63) is 77.5 Å². The fraction of sp³-hybridized carbons (Fsp3) is 0.261. The Bertz CT molecular complexity index is 1080. The van der Waals surface area contributed by atoms with Crippen molar-refractivity contribution in [2.24, 2.45) is 0 Å². The highest BCUT2D eigenvalue weighted by atomic mass is 16.3. The number of para-hydroxylation sites is 1. The molecule has 2 aromatic heterocycles. The molecule has 0 saturated heterocycles. The van der Waals surface area contributed by atoms with Gasteiger partial charge in [-0.05, 0) is 29.8 Å². The van der Waals surface area contributed by atoms with Gasteiger partial charge in [-0.25, -0.2) is 0 Å². The van der Waals surface area contributed by atoms with E-state index in [1.165, 1.54) is 4.90 Å². The molecular weight excluding hydrogens is 382 g/mol. The summed E-state index contributed by atoms with van der Waals surface area (Å²) in [6, 6.07) is 11.8. The van der Waals surface area contributed by atoms with E-state index in [-0.39, 0.29) is 11.3 Å². The molecule has 0 radical (unpaired) electrons. The first-order valence-corrected chi connectivity index (χ1v) is 9.93. The summed E-state index contributed by atoms with van der Waals surface area (Å²) < 4.78 is 5.72. The normalized spacial score (nSPS) is 16.8. The summed E-state index contributed by atoms with van der Waals surface area (Å²) in [5, 5.41) is 11.5. The molecule has 1 amide bonds. The number of nitrogens with one attached hydrogen (secondary N) is 1. The number of aliphatic hydroxyl groups excluding tert-OH is 1. The highest BCUT2D eigenvalue weighted by Crippen LogP contribution is 2.39. The van der Waals surface area contributed by atoms with Crippen molar-refractivity contribution in [3.63, 3.8) is 0 Å². The van der Waals surface area contributed by atoms with Crippen molar-refractivity contribution in [1.82, 2.24) is 9.88 Å². The van der Waals surface area contributed by atoms with E-state index >= 15 is 0 Å². The van der Waals surface area contributed by atoms with Gasteiger partial charge in [0.1, 0.15) is 5.58 Å². The van der Waals surface area contributed by atoms with Crippen molar-refractivity contribution in [3.8, 4) is 0 Å². The van der Waals surface area contributed by atoms with Crippen LogP contribution in [0.3, 0.4) is 0 Å². The number of quaternary nitrogens is 1. The predicted molar refractivity (Wildman–Crippen MR) is 111 cm³/mol. The van der Waals surface area contributed by atoms with Crippen LogP contribution in [0.1, 0.15) is 28.6 Å². The minimum Gasteiger partial charge on any atom is -0.503 e. The lowest BCUT2D eigenvalue weighted by molar-refractivity contribution is -0.858. The Hall–Kier alpha value is -3.45. The molecule has 1 atom stereocenters. The molecule has 154 valence electrons. The Balaban J connectivity index is 1.73. The first-order chi connectivity index (χ1) is 14.5. The Labute approximate surface area is 174 Å². The number of Topliss-reactive ketones (excluding diaryl/α,β-unsaturated/α-hetero) is 1. The van der Waals surface area contributed by atoms with Gasteiger partial charge in [-0.1, -0.05) is 18.2 Å². The van der Waals surface area contributed by atoms with Crippen molar-refractivity contribution in [1.29, 1.82) is 0 Å². The highest BCUT2D eigenvalue weighted by Gasteiger charge is 2.44. The fourth-order valence-electron chi connectivity index (χ4n) is 3.84. The number of hydrogen-bond acceptors (Lipinski definition) is 5. The molecule has 0 saturated carbocycles. The third kappa shape index (κ3) is 3.59. The molecule has 1 aliphatic rings. The minimum atomic E-state index is -0.682. The fourth-order valence-corrected chi connectivity index (χ4v) is 3.84. The highest BCUT2D eigenvalue weighted by molar-refractivity contribution is 6.15. The molecule has 1 aliphatic heterocycles. The van der Waals surface area contributed by atoms with Gasteiger partial charge in [0.05, 0.1) is 32.3 Å². The number of amides is 1. The quantitative estimate of drug-likeness (QED) is 0.586. The standard InChI is InChI=1S/C23H23N3O4/c1-25(2)12-5-13-26-20(15-8-10-24-11-9-15)19(22(28)23(26)29)21(27)18-14-16-6-3-4-7-17(16)30-18/h3-4,6-11,14,20,28H,5,12-13H2,1-2H3/p+1/t20-/m1/s1. The van der Waals surface area contributed by atoms with E-state index in [4.69, 9.17) is 4.42 Å². The molecule has 3 heterocycles. The number of carbonyl (C=O) groups is 2. The Morgan fingerprint density at radius 2 is 1.93 bits per heavy atom. The van der Waals surface area contributed by atoms with Gasteiger partial charge in [-0.2, -0.15) is 0 Å². The van der Waals surface area contributed by atoms with Gasteiger partial charge in [-0.15, -0.1) is 0 Å². The second-order valence-corrected chi connectivity index (χ2v) is 7.73. The zero-order valence-electron chi connectivity index (χ0n) is 17.0. The van der Waals surface area contributed by atoms with Crippen LogP contribution < -0.4 is 4.90 Å². The maximum atomic E-state index is 13.4. The number of furan rings is 1. The number of aliphatic hydroxyl groups is 1. The summed E-state index contributed by atoms with van der Waals surface area (Å²) >= 11 is 0. The average molecular weight is 406 g/mol. The molecule has 0 aliphatic carbocycles. The van der Waals surface area contributed by atoms with Crippen LogP contribution in [0.5, 0.6) is 0 Å². The zero-order chi connectivity index (χ0) is 21.3. The molecule has 3 aromatic rings. The number of nitrogens with zero attached hydrogens (tertiary/aromatic N) is 2. The Morgan fingerprint density at radius 3 is 2.63 bits per heavy atom.